The fourth-order valence-corrected chi connectivity index (χ4v) is 6.52. The standard InChI is InChI=1S/C46H38BN2O2/c1-45(2,50)46(3,4)51-47-43-29-42(33-22-18-31(19-23-33)30-12-6-5-7-13-30)48-44(49-43)34-24-20-32(21-25-34)35-26-27-40-38-16-9-8-14-36(38)37-15-10-11-17-39(37)41(40)28-35/h5-29,50H,1-4H3. The second-order valence-electron chi connectivity index (χ2n) is 14.2. The van der Waals surface area contributed by atoms with Gasteiger partial charge in [-0.2, -0.15) is 0 Å². The molecule has 7 aromatic carbocycles. The first kappa shape index (κ1) is 32.6. The Morgan fingerprint density at radius 3 is 1.49 bits per heavy atom. The number of rotatable bonds is 8. The molecule has 8 aromatic rings. The van der Waals surface area contributed by atoms with Crippen molar-refractivity contribution >= 4 is 45.4 Å². The number of aliphatic hydroxyl groups is 1. The van der Waals surface area contributed by atoms with Crippen LogP contribution in [0.1, 0.15) is 27.7 Å². The van der Waals surface area contributed by atoms with Gasteiger partial charge in [0.25, 0.3) is 0 Å². The molecule has 0 saturated heterocycles. The second-order valence-corrected chi connectivity index (χ2v) is 14.2. The molecule has 0 aliphatic heterocycles. The zero-order valence-corrected chi connectivity index (χ0v) is 29.3. The molecular formula is C46H38BN2O2. The fourth-order valence-electron chi connectivity index (χ4n) is 6.52. The molecule has 1 heterocycles. The minimum Gasteiger partial charge on any atom is -0.425 e. The number of hydrogen-bond acceptors (Lipinski definition) is 4. The smallest absolute Gasteiger partial charge is 0.351 e. The molecule has 0 amide bonds. The lowest BCUT2D eigenvalue weighted by Crippen LogP contribution is -2.49. The summed E-state index contributed by atoms with van der Waals surface area (Å²) in [7, 11) is 1.63. The van der Waals surface area contributed by atoms with Gasteiger partial charge in [0.2, 0.25) is 0 Å². The monoisotopic (exact) mass is 661 g/mol. The number of benzene rings is 7. The van der Waals surface area contributed by atoms with Crippen molar-refractivity contribution in [3.8, 4) is 44.9 Å². The first-order chi connectivity index (χ1) is 24.6. The van der Waals surface area contributed by atoms with Crippen molar-refractivity contribution in [2.45, 2.75) is 38.9 Å². The normalized spacial score (nSPS) is 12.1. The van der Waals surface area contributed by atoms with Crippen LogP contribution in [0.3, 0.4) is 0 Å². The molecule has 51 heavy (non-hydrogen) atoms. The lowest BCUT2D eigenvalue weighted by molar-refractivity contribution is -0.0893. The third-order valence-corrected chi connectivity index (χ3v) is 10.2. The molecule has 0 unspecified atom stereocenters. The average molecular weight is 662 g/mol. The maximum atomic E-state index is 10.7. The highest BCUT2D eigenvalue weighted by atomic mass is 16.5. The van der Waals surface area contributed by atoms with E-state index in [1.54, 1.807) is 21.3 Å². The van der Waals surface area contributed by atoms with Crippen molar-refractivity contribution in [2.75, 3.05) is 0 Å². The van der Waals surface area contributed by atoms with Crippen LogP contribution in [0.2, 0.25) is 0 Å². The maximum absolute atomic E-state index is 10.7. The molecule has 5 heteroatoms. The highest BCUT2D eigenvalue weighted by Crippen LogP contribution is 2.37. The first-order valence-electron chi connectivity index (χ1n) is 17.4. The van der Waals surface area contributed by atoms with Gasteiger partial charge in [-0.05, 0) is 94.4 Å². The quantitative estimate of drug-likeness (QED) is 0.130. The molecule has 247 valence electrons. The molecule has 0 aliphatic carbocycles. The second kappa shape index (κ2) is 12.9. The van der Waals surface area contributed by atoms with Gasteiger partial charge < -0.3 is 9.76 Å². The van der Waals surface area contributed by atoms with Gasteiger partial charge in [0, 0.05) is 16.7 Å². The topological polar surface area (TPSA) is 55.2 Å². The molecule has 0 fully saturated rings. The van der Waals surface area contributed by atoms with Crippen molar-refractivity contribution < 1.29 is 9.76 Å². The van der Waals surface area contributed by atoms with Crippen LogP contribution < -0.4 is 5.59 Å². The molecule has 8 rings (SSSR count). The van der Waals surface area contributed by atoms with E-state index in [9.17, 15) is 5.11 Å². The zero-order valence-electron chi connectivity index (χ0n) is 29.3. The van der Waals surface area contributed by atoms with Gasteiger partial charge in [0.05, 0.1) is 16.9 Å². The lowest BCUT2D eigenvalue weighted by atomic mass is 9.84. The molecule has 0 saturated carbocycles. The van der Waals surface area contributed by atoms with Crippen LogP contribution in [0.25, 0.3) is 77.2 Å². The maximum Gasteiger partial charge on any atom is 0.351 e. The average Bonchev–Trinajstić information content (AvgIpc) is 3.17. The minimum atomic E-state index is -1.06. The summed E-state index contributed by atoms with van der Waals surface area (Å²) in [5.74, 6) is 0.595. The van der Waals surface area contributed by atoms with E-state index in [0.717, 1.165) is 39.1 Å². The summed E-state index contributed by atoms with van der Waals surface area (Å²) >= 11 is 0. The van der Waals surface area contributed by atoms with E-state index in [-0.39, 0.29) is 0 Å². The number of aromatic nitrogens is 2. The molecule has 1 radical (unpaired) electrons. The van der Waals surface area contributed by atoms with Crippen molar-refractivity contribution in [1.82, 2.24) is 9.97 Å². The first-order valence-corrected chi connectivity index (χ1v) is 17.4. The van der Waals surface area contributed by atoms with Gasteiger partial charge >= 0.3 is 7.48 Å². The Morgan fingerprint density at radius 2 is 0.902 bits per heavy atom. The molecule has 0 bridgehead atoms. The van der Waals surface area contributed by atoms with Gasteiger partial charge in [-0.3, -0.25) is 0 Å². The fraction of sp³-hybridized carbons (Fsp3) is 0.130. The van der Waals surface area contributed by atoms with E-state index in [4.69, 9.17) is 14.6 Å². The van der Waals surface area contributed by atoms with E-state index in [2.05, 4.69) is 127 Å². The van der Waals surface area contributed by atoms with Crippen LogP contribution in [-0.2, 0) is 4.65 Å². The lowest BCUT2D eigenvalue weighted by Gasteiger charge is -2.37. The van der Waals surface area contributed by atoms with Crippen molar-refractivity contribution in [3.63, 3.8) is 0 Å². The summed E-state index contributed by atoms with van der Waals surface area (Å²) in [5.41, 5.74) is 5.95. The van der Waals surface area contributed by atoms with Crippen molar-refractivity contribution in [3.05, 3.63) is 152 Å². The third kappa shape index (κ3) is 6.31. The Hall–Kier alpha value is -5.62. The van der Waals surface area contributed by atoms with E-state index in [0.29, 0.717) is 11.4 Å². The SMILES string of the molecule is CC(C)(O)C(C)(C)O[B]c1cc(-c2ccc(-c3ccccc3)cc2)nc(-c2ccc(-c3ccc4c5ccccc5c5ccccc5c4c3)cc2)n1. The predicted molar refractivity (Wildman–Crippen MR) is 213 cm³/mol. The van der Waals surface area contributed by atoms with Gasteiger partial charge in [-0.15, -0.1) is 0 Å². The Kier molecular flexibility index (Phi) is 8.26. The molecule has 4 nitrogen and oxygen atoms in total. The largest absolute Gasteiger partial charge is 0.425 e. The number of nitrogens with zero attached hydrogens (tertiary/aromatic N) is 2. The van der Waals surface area contributed by atoms with E-state index in [1.807, 2.05) is 38.1 Å². The molecule has 0 spiro atoms. The molecule has 0 atom stereocenters. The van der Waals surface area contributed by atoms with Crippen molar-refractivity contribution in [2.24, 2.45) is 0 Å². The Bertz CT molecular complexity index is 2490. The molecule has 0 aliphatic rings. The summed E-state index contributed by atoms with van der Waals surface area (Å²) in [6.45, 7) is 7.22. The summed E-state index contributed by atoms with van der Waals surface area (Å²) in [6, 6.07) is 53.2. The summed E-state index contributed by atoms with van der Waals surface area (Å²) in [4.78, 5) is 9.95. The van der Waals surface area contributed by atoms with Gasteiger partial charge in [0.1, 0.15) is 0 Å². The van der Waals surface area contributed by atoms with Crippen LogP contribution in [0, 0.1) is 0 Å². The highest BCUT2D eigenvalue weighted by molar-refractivity contribution is 6.46. The summed E-state index contributed by atoms with van der Waals surface area (Å²) in [5, 5.41) is 18.3. The third-order valence-electron chi connectivity index (χ3n) is 10.2. The molecule has 1 aromatic heterocycles. The van der Waals surface area contributed by atoms with Crippen molar-refractivity contribution in [1.29, 1.82) is 0 Å². The van der Waals surface area contributed by atoms with Gasteiger partial charge in [-0.1, -0.05) is 140 Å². The summed E-state index contributed by atoms with van der Waals surface area (Å²) in [6.07, 6.45) is 0. The van der Waals surface area contributed by atoms with Gasteiger partial charge in [0.15, 0.2) is 5.82 Å². The van der Waals surface area contributed by atoms with Crippen LogP contribution in [-0.4, -0.2) is 33.8 Å². The zero-order chi connectivity index (χ0) is 35.2. The number of hydrogen-bond donors (Lipinski definition) is 1. The van der Waals surface area contributed by atoms with E-state index in [1.165, 1.54) is 32.3 Å². The van der Waals surface area contributed by atoms with Crippen LogP contribution in [0.15, 0.2) is 152 Å². The Labute approximate surface area is 299 Å². The van der Waals surface area contributed by atoms with Crippen LogP contribution in [0.5, 0.6) is 0 Å². The predicted octanol–water partition coefficient (Wildman–Crippen LogP) is 10.4. The minimum absolute atomic E-state index is 0.595. The molecule has 1 N–H and O–H groups in total. The van der Waals surface area contributed by atoms with Crippen LogP contribution in [0.4, 0.5) is 0 Å². The number of fused-ring (bicyclic) bond motifs is 6. The van der Waals surface area contributed by atoms with Crippen LogP contribution >= 0.6 is 0 Å². The Morgan fingerprint density at radius 1 is 0.451 bits per heavy atom. The van der Waals surface area contributed by atoms with E-state index < -0.39 is 11.2 Å². The Balaban J connectivity index is 1.16. The molecular weight excluding hydrogens is 623 g/mol. The highest BCUT2D eigenvalue weighted by Gasteiger charge is 2.36. The van der Waals surface area contributed by atoms with Gasteiger partial charge in [-0.25, -0.2) is 9.97 Å². The van der Waals surface area contributed by atoms with E-state index >= 15 is 0 Å². The summed E-state index contributed by atoms with van der Waals surface area (Å²) < 4.78 is 6.14.